The molecule has 2 aliphatic rings. The zero-order valence-electron chi connectivity index (χ0n) is 15.2. The number of ether oxygens (including phenoxy) is 1. The van der Waals surface area contributed by atoms with E-state index in [2.05, 4.69) is 53.4 Å². The molecule has 3 heteroatoms. The summed E-state index contributed by atoms with van der Waals surface area (Å²) in [7, 11) is 0. The van der Waals surface area contributed by atoms with E-state index in [4.69, 9.17) is 4.74 Å². The molecule has 1 saturated carbocycles. The highest BCUT2D eigenvalue weighted by Gasteiger charge is 2.36. The first-order valence-corrected chi connectivity index (χ1v) is 9.84. The largest absolute Gasteiger partial charge is 0.371 e. The first-order valence-electron chi connectivity index (χ1n) is 9.84. The monoisotopic (exact) mass is 349 g/mol. The molecular formula is C23H27NO2. The van der Waals surface area contributed by atoms with Gasteiger partial charge in [-0.2, -0.15) is 0 Å². The number of carbonyl (C=O) groups excluding carboxylic acids is 1. The number of piperidine rings is 1. The van der Waals surface area contributed by atoms with Crippen LogP contribution in [0, 0.1) is 5.92 Å². The highest BCUT2D eigenvalue weighted by atomic mass is 16.5. The van der Waals surface area contributed by atoms with Gasteiger partial charge in [0.1, 0.15) is 6.10 Å². The second kappa shape index (κ2) is 8.05. The van der Waals surface area contributed by atoms with Gasteiger partial charge in [0.2, 0.25) is 5.91 Å². The van der Waals surface area contributed by atoms with Crippen LogP contribution >= 0.6 is 0 Å². The van der Waals surface area contributed by atoms with Crippen LogP contribution in [0.4, 0.5) is 0 Å². The third kappa shape index (κ3) is 3.99. The zero-order valence-corrected chi connectivity index (χ0v) is 15.2. The summed E-state index contributed by atoms with van der Waals surface area (Å²) in [6, 6.07) is 20.7. The summed E-state index contributed by atoms with van der Waals surface area (Å²) in [4.78, 5) is 14.8. The Bertz CT molecular complexity index is 712. The molecule has 2 aromatic rings. The van der Waals surface area contributed by atoms with Gasteiger partial charge in [0.25, 0.3) is 0 Å². The van der Waals surface area contributed by atoms with Crippen molar-refractivity contribution < 1.29 is 9.53 Å². The van der Waals surface area contributed by atoms with Crippen molar-refractivity contribution >= 4 is 5.91 Å². The molecule has 2 atom stereocenters. The summed E-state index contributed by atoms with van der Waals surface area (Å²) in [5, 5.41) is 0. The molecule has 1 saturated heterocycles. The summed E-state index contributed by atoms with van der Waals surface area (Å²) in [5.74, 6) is 0.941. The quantitative estimate of drug-likeness (QED) is 0.711. The van der Waals surface area contributed by atoms with E-state index in [-0.39, 0.29) is 18.1 Å². The fourth-order valence-corrected chi connectivity index (χ4v) is 3.83. The van der Waals surface area contributed by atoms with Gasteiger partial charge in [0.15, 0.2) is 0 Å². The third-order valence-corrected chi connectivity index (χ3v) is 5.46. The minimum Gasteiger partial charge on any atom is -0.371 e. The van der Waals surface area contributed by atoms with E-state index in [1.165, 1.54) is 12.8 Å². The minimum atomic E-state index is -0.124. The van der Waals surface area contributed by atoms with Crippen LogP contribution in [0.3, 0.4) is 0 Å². The van der Waals surface area contributed by atoms with Crippen molar-refractivity contribution in [3.63, 3.8) is 0 Å². The maximum Gasteiger partial charge on any atom is 0.223 e. The second-order valence-corrected chi connectivity index (χ2v) is 7.51. The molecule has 3 nitrogen and oxygen atoms in total. The van der Waals surface area contributed by atoms with Crippen molar-refractivity contribution in [2.24, 2.45) is 5.92 Å². The Morgan fingerprint density at radius 2 is 1.58 bits per heavy atom. The molecule has 2 fully saturated rings. The Hall–Kier alpha value is -2.13. The molecule has 1 aliphatic carbocycles. The van der Waals surface area contributed by atoms with Gasteiger partial charge in [0.05, 0.1) is 12.6 Å². The van der Waals surface area contributed by atoms with E-state index in [9.17, 15) is 4.79 Å². The lowest BCUT2D eigenvalue weighted by Gasteiger charge is -2.39. The zero-order chi connectivity index (χ0) is 17.8. The van der Waals surface area contributed by atoms with Crippen molar-refractivity contribution in [2.45, 2.75) is 44.2 Å². The first-order chi connectivity index (χ1) is 12.8. The lowest BCUT2D eigenvalue weighted by Crippen LogP contribution is -2.41. The van der Waals surface area contributed by atoms with Crippen LogP contribution < -0.4 is 0 Å². The lowest BCUT2D eigenvalue weighted by molar-refractivity contribution is -0.140. The van der Waals surface area contributed by atoms with Gasteiger partial charge < -0.3 is 9.64 Å². The van der Waals surface area contributed by atoms with Crippen LogP contribution in [-0.2, 0) is 9.53 Å². The van der Waals surface area contributed by atoms with Crippen LogP contribution in [0.25, 0.3) is 0 Å². The summed E-state index contributed by atoms with van der Waals surface area (Å²) < 4.78 is 6.48. The van der Waals surface area contributed by atoms with Crippen molar-refractivity contribution in [2.75, 3.05) is 13.2 Å². The highest BCUT2D eigenvalue weighted by Crippen LogP contribution is 2.40. The number of likely N-dealkylation sites (tertiary alicyclic amines) is 1. The highest BCUT2D eigenvalue weighted by molar-refractivity contribution is 5.77. The summed E-state index contributed by atoms with van der Waals surface area (Å²) in [6.45, 7) is 1.60. The SMILES string of the molecule is O=C1CCCCN1[C@H](c1ccccc1)[C@@H](OCC1CC1)c1ccccc1. The van der Waals surface area contributed by atoms with E-state index in [1.54, 1.807) is 0 Å². The van der Waals surface area contributed by atoms with Gasteiger partial charge in [-0.05, 0) is 42.7 Å². The Balaban J connectivity index is 1.71. The van der Waals surface area contributed by atoms with Gasteiger partial charge >= 0.3 is 0 Å². The van der Waals surface area contributed by atoms with E-state index >= 15 is 0 Å². The molecule has 26 heavy (non-hydrogen) atoms. The number of amides is 1. The fourth-order valence-electron chi connectivity index (χ4n) is 3.83. The third-order valence-electron chi connectivity index (χ3n) is 5.46. The normalized spacial score (nSPS) is 20.0. The molecule has 4 rings (SSSR count). The van der Waals surface area contributed by atoms with E-state index in [1.807, 2.05) is 12.1 Å². The topological polar surface area (TPSA) is 29.5 Å². The number of carbonyl (C=O) groups is 1. The van der Waals surface area contributed by atoms with Crippen molar-refractivity contribution in [1.29, 1.82) is 0 Å². The van der Waals surface area contributed by atoms with Gasteiger partial charge in [-0.3, -0.25) is 4.79 Å². The van der Waals surface area contributed by atoms with Gasteiger partial charge in [-0.15, -0.1) is 0 Å². The fraction of sp³-hybridized carbons (Fsp3) is 0.435. The molecule has 2 aromatic carbocycles. The Morgan fingerprint density at radius 1 is 0.923 bits per heavy atom. The Kier molecular flexibility index (Phi) is 5.35. The molecule has 1 aliphatic heterocycles. The summed E-state index contributed by atoms with van der Waals surface area (Å²) in [6.07, 6.45) is 5.12. The van der Waals surface area contributed by atoms with Gasteiger partial charge in [-0.25, -0.2) is 0 Å². The van der Waals surface area contributed by atoms with Crippen LogP contribution in [0.15, 0.2) is 60.7 Å². The average Bonchev–Trinajstić information content (AvgIpc) is 3.52. The summed E-state index contributed by atoms with van der Waals surface area (Å²) in [5.41, 5.74) is 2.31. The Labute approximate surface area is 156 Å². The molecule has 0 unspecified atom stereocenters. The predicted octanol–water partition coefficient (Wildman–Crippen LogP) is 4.91. The predicted molar refractivity (Wildman–Crippen MR) is 103 cm³/mol. The molecule has 0 aromatic heterocycles. The van der Waals surface area contributed by atoms with Gasteiger partial charge in [0, 0.05) is 13.0 Å². The number of rotatable bonds is 7. The standard InChI is InChI=1S/C23H27NO2/c25-21-13-7-8-16-24(21)22(19-9-3-1-4-10-19)23(26-17-18-14-15-18)20-11-5-2-6-12-20/h1-6,9-12,18,22-23H,7-8,13-17H2/t22-,23+/m1/s1. The maximum atomic E-state index is 12.8. The van der Waals surface area contributed by atoms with Crippen LogP contribution in [-0.4, -0.2) is 24.0 Å². The summed E-state index contributed by atoms with van der Waals surface area (Å²) >= 11 is 0. The number of hydrogen-bond donors (Lipinski definition) is 0. The van der Waals surface area contributed by atoms with Crippen molar-refractivity contribution in [3.05, 3.63) is 71.8 Å². The van der Waals surface area contributed by atoms with Crippen LogP contribution in [0.2, 0.25) is 0 Å². The number of hydrogen-bond acceptors (Lipinski definition) is 2. The molecule has 0 N–H and O–H groups in total. The molecule has 1 heterocycles. The van der Waals surface area contributed by atoms with E-state index < -0.39 is 0 Å². The van der Waals surface area contributed by atoms with Gasteiger partial charge in [-0.1, -0.05) is 60.7 Å². The van der Waals surface area contributed by atoms with E-state index in [0.717, 1.165) is 37.1 Å². The molecule has 136 valence electrons. The van der Waals surface area contributed by atoms with Crippen molar-refractivity contribution in [1.82, 2.24) is 4.90 Å². The number of nitrogens with zero attached hydrogens (tertiary/aromatic N) is 1. The first kappa shape index (κ1) is 17.3. The van der Waals surface area contributed by atoms with Crippen molar-refractivity contribution in [3.8, 4) is 0 Å². The average molecular weight is 349 g/mol. The smallest absolute Gasteiger partial charge is 0.223 e. The molecule has 0 radical (unpaired) electrons. The Morgan fingerprint density at radius 3 is 2.19 bits per heavy atom. The molecule has 1 amide bonds. The van der Waals surface area contributed by atoms with E-state index in [0.29, 0.717) is 12.3 Å². The molecule has 0 spiro atoms. The maximum absolute atomic E-state index is 12.8. The number of benzene rings is 2. The second-order valence-electron chi connectivity index (χ2n) is 7.51. The minimum absolute atomic E-state index is 0.0647. The van der Waals surface area contributed by atoms with Crippen LogP contribution in [0.5, 0.6) is 0 Å². The van der Waals surface area contributed by atoms with Crippen LogP contribution in [0.1, 0.15) is 55.4 Å². The molecular weight excluding hydrogens is 322 g/mol. The lowest BCUT2D eigenvalue weighted by atomic mass is 9.92. The molecule has 0 bridgehead atoms.